The van der Waals surface area contributed by atoms with Crippen LogP contribution in [0.5, 0.6) is 5.75 Å². The van der Waals surface area contributed by atoms with Gasteiger partial charge in [-0.15, -0.1) is 6.42 Å². The van der Waals surface area contributed by atoms with E-state index in [-0.39, 0.29) is 5.54 Å². The first kappa shape index (κ1) is 16.1. The monoisotopic (exact) mass is 323 g/mol. The Morgan fingerprint density at radius 3 is 2.63 bits per heavy atom. The first-order chi connectivity index (χ1) is 9.04. The molecule has 2 nitrogen and oxygen atoms in total. The number of terminal acetylenes is 1. The minimum atomic E-state index is 0.158. The fourth-order valence-corrected chi connectivity index (χ4v) is 2.16. The van der Waals surface area contributed by atoms with Gasteiger partial charge in [0.05, 0.1) is 0 Å². The fraction of sp³-hybridized carbons (Fsp3) is 0.500. The molecule has 0 saturated carbocycles. The van der Waals surface area contributed by atoms with E-state index in [1.54, 1.807) is 0 Å². The average Bonchev–Trinajstić information content (AvgIpc) is 2.43. The molecule has 1 N–H and O–H groups in total. The smallest absolute Gasteiger partial charge is 0.148 e. The Kier molecular flexibility index (Phi) is 6.41. The zero-order valence-corrected chi connectivity index (χ0v) is 13.5. The van der Waals surface area contributed by atoms with Crippen LogP contribution in [0, 0.1) is 12.3 Å². The second-order valence-corrected chi connectivity index (χ2v) is 5.78. The molecule has 0 heterocycles. The standard InChI is InChI=1S/C16H22BrNO/c1-5-10-19-15-9-8-14(17)11-13(15)12-18-16(4,6-2)7-3/h1,8-9,11,18H,6-7,10,12H2,2-4H3. The number of rotatable bonds is 7. The number of ether oxygens (including phenoxy) is 1. The maximum atomic E-state index is 5.58. The SMILES string of the molecule is C#CCOc1ccc(Br)cc1CNC(C)(CC)CC. The van der Waals surface area contributed by atoms with Crippen LogP contribution < -0.4 is 10.1 Å². The Labute approximate surface area is 125 Å². The van der Waals surface area contributed by atoms with Crippen molar-refractivity contribution in [2.45, 2.75) is 45.7 Å². The zero-order valence-electron chi connectivity index (χ0n) is 11.9. The summed E-state index contributed by atoms with van der Waals surface area (Å²) >= 11 is 3.50. The highest BCUT2D eigenvalue weighted by Crippen LogP contribution is 2.24. The molecule has 0 aliphatic carbocycles. The molecule has 0 spiro atoms. The molecule has 0 aromatic heterocycles. The van der Waals surface area contributed by atoms with E-state index in [1.165, 1.54) is 0 Å². The van der Waals surface area contributed by atoms with Gasteiger partial charge in [-0.2, -0.15) is 0 Å². The molecule has 19 heavy (non-hydrogen) atoms. The normalized spacial score (nSPS) is 11.1. The predicted molar refractivity (Wildman–Crippen MR) is 84.3 cm³/mol. The van der Waals surface area contributed by atoms with Crippen molar-refractivity contribution in [2.24, 2.45) is 0 Å². The number of halogens is 1. The Morgan fingerprint density at radius 2 is 2.05 bits per heavy atom. The molecule has 0 bridgehead atoms. The first-order valence-corrected chi connectivity index (χ1v) is 7.43. The van der Waals surface area contributed by atoms with E-state index in [9.17, 15) is 0 Å². The summed E-state index contributed by atoms with van der Waals surface area (Å²) in [6, 6.07) is 5.99. The maximum absolute atomic E-state index is 5.58. The largest absolute Gasteiger partial charge is 0.481 e. The van der Waals surface area contributed by atoms with E-state index >= 15 is 0 Å². The summed E-state index contributed by atoms with van der Waals surface area (Å²) in [6.45, 7) is 7.72. The number of hydrogen-bond donors (Lipinski definition) is 1. The highest BCUT2D eigenvalue weighted by atomic mass is 79.9. The molecular formula is C16H22BrNO. The van der Waals surface area contributed by atoms with Gasteiger partial charge < -0.3 is 10.1 Å². The summed E-state index contributed by atoms with van der Waals surface area (Å²) < 4.78 is 6.63. The fourth-order valence-electron chi connectivity index (χ4n) is 1.76. The van der Waals surface area contributed by atoms with Gasteiger partial charge in [-0.1, -0.05) is 35.7 Å². The van der Waals surface area contributed by atoms with E-state index < -0.39 is 0 Å². The molecule has 1 aromatic carbocycles. The summed E-state index contributed by atoms with van der Waals surface area (Å²) in [5.41, 5.74) is 1.28. The van der Waals surface area contributed by atoms with Gasteiger partial charge in [0.2, 0.25) is 0 Å². The predicted octanol–water partition coefficient (Wildman–Crippen LogP) is 4.13. The van der Waals surface area contributed by atoms with E-state index in [0.29, 0.717) is 6.61 Å². The third kappa shape index (κ3) is 4.89. The van der Waals surface area contributed by atoms with Gasteiger partial charge in [0, 0.05) is 22.1 Å². The molecule has 104 valence electrons. The Balaban J connectivity index is 2.81. The molecule has 0 atom stereocenters. The van der Waals surface area contributed by atoms with Gasteiger partial charge in [0.25, 0.3) is 0 Å². The quantitative estimate of drug-likeness (QED) is 0.762. The highest BCUT2D eigenvalue weighted by Gasteiger charge is 2.19. The lowest BCUT2D eigenvalue weighted by atomic mass is 9.95. The molecule has 0 fully saturated rings. The van der Waals surface area contributed by atoms with Crippen LogP contribution in [0.4, 0.5) is 0 Å². The number of nitrogens with one attached hydrogen (secondary N) is 1. The third-order valence-corrected chi connectivity index (χ3v) is 4.09. The van der Waals surface area contributed by atoms with Gasteiger partial charge in [-0.25, -0.2) is 0 Å². The van der Waals surface area contributed by atoms with Crippen molar-refractivity contribution >= 4 is 15.9 Å². The molecule has 0 aliphatic heterocycles. The van der Waals surface area contributed by atoms with Gasteiger partial charge >= 0.3 is 0 Å². The second-order valence-electron chi connectivity index (χ2n) is 4.87. The second kappa shape index (κ2) is 7.57. The van der Waals surface area contributed by atoms with Crippen molar-refractivity contribution in [1.29, 1.82) is 0 Å². The van der Waals surface area contributed by atoms with E-state index in [4.69, 9.17) is 11.2 Å². The van der Waals surface area contributed by atoms with E-state index in [0.717, 1.165) is 35.2 Å². The van der Waals surface area contributed by atoms with Crippen molar-refractivity contribution in [2.75, 3.05) is 6.61 Å². The molecule has 0 unspecified atom stereocenters. The van der Waals surface area contributed by atoms with Crippen LogP contribution in [0.1, 0.15) is 39.2 Å². The van der Waals surface area contributed by atoms with Crippen molar-refractivity contribution < 1.29 is 4.74 Å². The molecule has 0 saturated heterocycles. The van der Waals surface area contributed by atoms with Crippen LogP contribution in [0.3, 0.4) is 0 Å². The lowest BCUT2D eigenvalue weighted by Gasteiger charge is -2.28. The highest BCUT2D eigenvalue weighted by molar-refractivity contribution is 9.10. The van der Waals surface area contributed by atoms with Gasteiger partial charge in [0.1, 0.15) is 12.4 Å². The van der Waals surface area contributed by atoms with Crippen LogP contribution in [-0.4, -0.2) is 12.1 Å². The van der Waals surface area contributed by atoms with Crippen molar-refractivity contribution in [3.8, 4) is 18.1 Å². The van der Waals surface area contributed by atoms with Gasteiger partial charge in [-0.3, -0.25) is 0 Å². The van der Waals surface area contributed by atoms with Crippen LogP contribution in [0.2, 0.25) is 0 Å². The van der Waals surface area contributed by atoms with Gasteiger partial charge in [0.15, 0.2) is 0 Å². The number of hydrogen-bond acceptors (Lipinski definition) is 2. The topological polar surface area (TPSA) is 21.3 Å². The Morgan fingerprint density at radius 1 is 1.37 bits per heavy atom. The summed E-state index contributed by atoms with van der Waals surface area (Å²) in [5, 5.41) is 3.60. The van der Waals surface area contributed by atoms with Gasteiger partial charge in [-0.05, 0) is 38.0 Å². The van der Waals surface area contributed by atoms with Crippen LogP contribution in [0.15, 0.2) is 22.7 Å². The van der Waals surface area contributed by atoms with Crippen LogP contribution in [-0.2, 0) is 6.54 Å². The van der Waals surface area contributed by atoms with Crippen LogP contribution in [0.25, 0.3) is 0 Å². The minimum Gasteiger partial charge on any atom is -0.481 e. The van der Waals surface area contributed by atoms with E-state index in [2.05, 4.69) is 54.0 Å². The van der Waals surface area contributed by atoms with Crippen LogP contribution >= 0.6 is 15.9 Å². The zero-order chi connectivity index (χ0) is 14.3. The first-order valence-electron chi connectivity index (χ1n) is 6.64. The molecule has 0 aliphatic rings. The minimum absolute atomic E-state index is 0.158. The molecule has 0 radical (unpaired) electrons. The van der Waals surface area contributed by atoms with Crippen molar-refractivity contribution in [3.05, 3.63) is 28.2 Å². The number of benzene rings is 1. The van der Waals surface area contributed by atoms with Crippen molar-refractivity contribution in [1.82, 2.24) is 5.32 Å². The molecule has 1 aromatic rings. The average molecular weight is 324 g/mol. The summed E-state index contributed by atoms with van der Waals surface area (Å²) in [5.74, 6) is 3.35. The van der Waals surface area contributed by atoms with Crippen molar-refractivity contribution in [3.63, 3.8) is 0 Å². The Bertz CT molecular complexity index is 447. The summed E-state index contributed by atoms with van der Waals surface area (Å²) in [6.07, 6.45) is 7.43. The molecule has 1 rings (SSSR count). The lowest BCUT2D eigenvalue weighted by molar-refractivity contribution is 0.321. The third-order valence-electron chi connectivity index (χ3n) is 3.60. The summed E-state index contributed by atoms with van der Waals surface area (Å²) in [7, 11) is 0. The van der Waals surface area contributed by atoms with E-state index in [1.807, 2.05) is 12.1 Å². The molecular weight excluding hydrogens is 302 g/mol. The maximum Gasteiger partial charge on any atom is 0.148 e. The molecule has 0 amide bonds. The molecule has 3 heteroatoms. The summed E-state index contributed by atoms with van der Waals surface area (Å²) in [4.78, 5) is 0. The Hall–Kier alpha value is -0.980. The lowest BCUT2D eigenvalue weighted by Crippen LogP contribution is -2.40.